The van der Waals surface area contributed by atoms with E-state index in [-0.39, 0.29) is 0 Å². The lowest BCUT2D eigenvalue weighted by Crippen LogP contribution is -1.73. The smallest absolute Gasteiger partial charge is 0.124 e. The van der Waals surface area contributed by atoms with Crippen molar-refractivity contribution in [2.75, 3.05) is 0 Å². The summed E-state index contributed by atoms with van der Waals surface area (Å²) in [5, 5.41) is 9.28. The van der Waals surface area contributed by atoms with Gasteiger partial charge in [0.2, 0.25) is 0 Å². The van der Waals surface area contributed by atoms with Gasteiger partial charge >= 0.3 is 0 Å². The van der Waals surface area contributed by atoms with Crippen molar-refractivity contribution in [3.05, 3.63) is 48.7 Å². The fraction of sp³-hybridized carbons (Fsp3) is 0. The van der Waals surface area contributed by atoms with Crippen LogP contribution < -0.4 is 0 Å². The second-order valence-corrected chi connectivity index (χ2v) is 5.13. The number of nitrogens with zero attached hydrogens (tertiary/aromatic N) is 2. The van der Waals surface area contributed by atoms with Gasteiger partial charge in [0.25, 0.3) is 0 Å². The van der Waals surface area contributed by atoms with E-state index in [1.807, 2.05) is 36.5 Å². The molecule has 0 unspecified atom stereocenters. The number of thiazole rings is 1. The lowest BCUT2D eigenvalue weighted by Gasteiger charge is -1.92. The molecular formula is C14H9N3S. The molecule has 0 amide bonds. The lowest BCUT2D eigenvalue weighted by atomic mass is 10.2. The zero-order valence-electron chi connectivity index (χ0n) is 9.42. The molecule has 0 aliphatic carbocycles. The van der Waals surface area contributed by atoms with Crippen LogP contribution in [0.15, 0.2) is 48.7 Å². The summed E-state index contributed by atoms with van der Waals surface area (Å²) in [6.45, 7) is 0. The van der Waals surface area contributed by atoms with E-state index in [0.29, 0.717) is 0 Å². The number of hydrogen-bond acceptors (Lipinski definition) is 3. The quantitative estimate of drug-likeness (QED) is 0.558. The molecule has 4 heteroatoms. The largest absolute Gasteiger partial charge is 0.278 e. The number of fused-ring (bicyclic) bond motifs is 3. The van der Waals surface area contributed by atoms with E-state index >= 15 is 0 Å². The van der Waals surface area contributed by atoms with Crippen molar-refractivity contribution in [1.82, 2.24) is 15.2 Å². The van der Waals surface area contributed by atoms with Gasteiger partial charge in [-0.15, -0.1) is 11.3 Å². The van der Waals surface area contributed by atoms with Crippen LogP contribution in [0.3, 0.4) is 0 Å². The number of rotatable bonds is 1. The molecule has 2 heterocycles. The highest BCUT2D eigenvalue weighted by atomic mass is 32.1. The minimum absolute atomic E-state index is 1.03. The lowest BCUT2D eigenvalue weighted by molar-refractivity contribution is 1.12. The molecule has 0 saturated carbocycles. The minimum Gasteiger partial charge on any atom is -0.278 e. The van der Waals surface area contributed by atoms with Crippen LogP contribution in [0.5, 0.6) is 0 Å². The number of aromatic amines is 1. The average Bonchev–Trinajstić information content (AvgIpc) is 3.05. The zero-order valence-corrected chi connectivity index (χ0v) is 10.2. The second kappa shape index (κ2) is 3.65. The van der Waals surface area contributed by atoms with Gasteiger partial charge in [0, 0.05) is 10.9 Å². The van der Waals surface area contributed by atoms with Gasteiger partial charge in [-0.1, -0.05) is 30.3 Å². The van der Waals surface area contributed by atoms with Gasteiger partial charge in [0.05, 0.1) is 21.9 Å². The molecule has 0 radical (unpaired) electrons. The van der Waals surface area contributed by atoms with Gasteiger partial charge in [-0.2, -0.15) is 5.10 Å². The average molecular weight is 251 g/mol. The Labute approximate surface area is 107 Å². The van der Waals surface area contributed by atoms with Crippen molar-refractivity contribution in [1.29, 1.82) is 0 Å². The van der Waals surface area contributed by atoms with Gasteiger partial charge in [-0.25, -0.2) is 4.98 Å². The number of hydrogen-bond donors (Lipinski definition) is 1. The Bertz CT molecular complexity index is 830. The molecule has 3 nitrogen and oxygen atoms in total. The maximum Gasteiger partial charge on any atom is 0.124 e. The summed E-state index contributed by atoms with van der Waals surface area (Å²) in [7, 11) is 0. The molecule has 2 aromatic carbocycles. The highest BCUT2D eigenvalue weighted by Crippen LogP contribution is 2.34. The molecule has 0 spiro atoms. The number of H-pyrrole nitrogens is 1. The van der Waals surface area contributed by atoms with E-state index in [1.54, 1.807) is 11.3 Å². The van der Waals surface area contributed by atoms with Crippen molar-refractivity contribution in [2.24, 2.45) is 0 Å². The highest BCUT2D eigenvalue weighted by Gasteiger charge is 2.09. The van der Waals surface area contributed by atoms with Gasteiger partial charge in [0.1, 0.15) is 5.01 Å². The molecule has 0 atom stereocenters. The first-order valence-electron chi connectivity index (χ1n) is 5.70. The Morgan fingerprint density at radius 3 is 2.78 bits per heavy atom. The SMILES string of the molecule is c1ccc(-c2nc3ccc4[nH]ncc4c3s2)cc1. The van der Waals surface area contributed by atoms with E-state index in [4.69, 9.17) is 0 Å². The Morgan fingerprint density at radius 2 is 1.89 bits per heavy atom. The van der Waals surface area contributed by atoms with E-state index < -0.39 is 0 Å². The van der Waals surface area contributed by atoms with Crippen LogP contribution >= 0.6 is 11.3 Å². The Morgan fingerprint density at radius 1 is 1.00 bits per heavy atom. The van der Waals surface area contributed by atoms with Gasteiger partial charge < -0.3 is 0 Å². The summed E-state index contributed by atoms with van der Waals surface area (Å²) in [6, 6.07) is 14.3. The molecule has 0 bridgehead atoms. The summed E-state index contributed by atoms with van der Waals surface area (Å²) >= 11 is 1.71. The molecule has 4 rings (SSSR count). The third kappa shape index (κ3) is 1.36. The fourth-order valence-electron chi connectivity index (χ4n) is 2.11. The molecule has 18 heavy (non-hydrogen) atoms. The molecule has 0 aliphatic heterocycles. The van der Waals surface area contributed by atoms with Crippen molar-refractivity contribution < 1.29 is 0 Å². The first-order valence-corrected chi connectivity index (χ1v) is 6.51. The van der Waals surface area contributed by atoms with Crippen LogP contribution in [0.1, 0.15) is 0 Å². The summed E-state index contributed by atoms with van der Waals surface area (Å²) < 4.78 is 1.19. The minimum atomic E-state index is 1.03. The number of aromatic nitrogens is 3. The van der Waals surface area contributed by atoms with Crippen LogP contribution in [0.4, 0.5) is 0 Å². The topological polar surface area (TPSA) is 41.6 Å². The van der Waals surface area contributed by atoms with E-state index in [9.17, 15) is 0 Å². The third-order valence-electron chi connectivity index (χ3n) is 3.00. The molecule has 0 saturated heterocycles. The van der Waals surface area contributed by atoms with Gasteiger partial charge in [0.15, 0.2) is 0 Å². The third-order valence-corrected chi connectivity index (χ3v) is 4.15. The van der Waals surface area contributed by atoms with Crippen molar-refractivity contribution in [2.45, 2.75) is 0 Å². The molecule has 86 valence electrons. The zero-order chi connectivity index (χ0) is 11.9. The molecule has 0 fully saturated rings. The summed E-state index contributed by atoms with van der Waals surface area (Å²) in [4.78, 5) is 4.69. The number of benzene rings is 2. The fourth-order valence-corrected chi connectivity index (χ4v) is 3.19. The van der Waals surface area contributed by atoms with Crippen LogP contribution in [-0.4, -0.2) is 15.2 Å². The Kier molecular flexibility index (Phi) is 1.98. The summed E-state index contributed by atoms with van der Waals surface area (Å²) in [5.41, 5.74) is 3.26. The van der Waals surface area contributed by atoms with Crippen molar-refractivity contribution in [3.8, 4) is 10.6 Å². The molecular weight excluding hydrogens is 242 g/mol. The monoisotopic (exact) mass is 251 g/mol. The van der Waals surface area contributed by atoms with Crippen LogP contribution in [-0.2, 0) is 0 Å². The van der Waals surface area contributed by atoms with Gasteiger partial charge in [-0.05, 0) is 12.1 Å². The predicted molar refractivity (Wildman–Crippen MR) is 74.7 cm³/mol. The molecule has 4 aromatic rings. The van der Waals surface area contributed by atoms with Crippen LogP contribution in [0.2, 0.25) is 0 Å². The molecule has 2 aromatic heterocycles. The second-order valence-electron chi connectivity index (χ2n) is 4.13. The standard InChI is InChI=1S/C14H9N3S/c1-2-4-9(5-3-1)14-16-12-7-6-11-10(8-15-17-11)13(12)18-14/h1-8H,(H,15,17). The van der Waals surface area contributed by atoms with E-state index in [0.717, 1.165) is 27.0 Å². The summed E-state index contributed by atoms with van der Waals surface area (Å²) in [5.74, 6) is 0. The van der Waals surface area contributed by atoms with E-state index in [1.165, 1.54) is 4.70 Å². The Balaban J connectivity index is 2.04. The van der Waals surface area contributed by atoms with Crippen LogP contribution in [0.25, 0.3) is 31.7 Å². The van der Waals surface area contributed by atoms with Crippen molar-refractivity contribution in [3.63, 3.8) is 0 Å². The maximum atomic E-state index is 4.69. The van der Waals surface area contributed by atoms with Crippen molar-refractivity contribution >= 4 is 32.5 Å². The van der Waals surface area contributed by atoms with Gasteiger partial charge in [-0.3, -0.25) is 5.10 Å². The summed E-state index contributed by atoms with van der Waals surface area (Å²) in [6.07, 6.45) is 1.87. The predicted octanol–water partition coefficient (Wildman–Crippen LogP) is 3.84. The normalized spacial score (nSPS) is 11.3. The Hall–Kier alpha value is -2.20. The van der Waals surface area contributed by atoms with Crippen LogP contribution in [0, 0.1) is 0 Å². The van der Waals surface area contributed by atoms with E-state index in [2.05, 4.69) is 27.3 Å². The molecule has 0 aliphatic rings. The first kappa shape index (κ1) is 9.79. The molecule has 1 N–H and O–H groups in total. The highest BCUT2D eigenvalue weighted by molar-refractivity contribution is 7.22. The first-order chi connectivity index (χ1) is 8.92. The number of nitrogens with one attached hydrogen (secondary N) is 1. The maximum absolute atomic E-state index is 4.69.